The quantitative estimate of drug-likeness (QED) is 0.150. The summed E-state index contributed by atoms with van der Waals surface area (Å²) >= 11 is 0.904. The fraction of sp³-hybridized carbons (Fsp3) is 0.231. The number of benzene rings is 2. The summed E-state index contributed by atoms with van der Waals surface area (Å²) in [4.78, 5) is 18.4. The minimum Gasteiger partial charge on any atom is -0.489 e. The second kappa shape index (κ2) is 12.0. The van der Waals surface area contributed by atoms with Gasteiger partial charge in [-0.25, -0.2) is 13.4 Å². The van der Waals surface area contributed by atoms with Crippen molar-refractivity contribution < 1.29 is 23.2 Å². The number of nitrogens with one attached hydrogen (secondary N) is 3. The zero-order valence-electron chi connectivity index (χ0n) is 21.1. The van der Waals surface area contributed by atoms with Gasteiger partial charge in [-0.1, -0.05) is 6.07 Å². The Bertz CT molecular complexity index is 1580. The van der Waals surface area contributed by atoms with Gasteiger partial charge in [0.05, 0.1) is 15.9 Å². The number of aromatic nitrogens is 2. The van der Waals surface area contributed by atoms with Crippen LogP contribution in [0.3, 0.4) is 0 Å². The highest BCUT2D eigenvalue weighted by Gasteiger charge is 2.23. The number of aliphatic hydroxyl groups is 1. The SMILES string of the molecule is O=[N+]([O-])c1cnc(Nc2ccc(NS(=O)(=O)c3ccc4c(c3)CCC(CNCC(O)c3cccnc3)O4)cc2)s1. The molecule has 2 aromatic heterocycles. The lowest BCUT2D eigenvalue weighted by molar-refractivity contribution is -0.380. The molecule has 40 heavy (non-hydrogen) atoms. The van der Waals surface area contributed by atoms with Gasteiger partial charge in [0, 0.05) is 42.4 Å². The molecule has 3 heterocycles. The van der Waals surface area contributed by atoms with Crippen LogP contribution in [-0.4, -0.2) is 47.6 Å². The van der Waals surface area contributed by atoms with E-state index >= 15 is 0 Å². The van der Waals surface area contributed by atoms with Crippen LogP contribution in [0.5, 0.6) is 5.75 Å². The highest BCUT2D eigenvalue weighted by molar-refractivity contribution is 7.92. The maximum atomic E-state index is 13.0. The van der Waals surface area contributed by atoms with Crippen LogP contribution in [0.15, 0.2) is 78.1 Å². The van der Waals surface area contributed by atoms with Gasteiger partial charge in [-0.15, -0.1) is 0 Å². The number of aryl methyl sites for hydroxylation is 1. The van der Waals surface area contributed by atoms with Crippen molar-refractivity contribution in [2.24, 2.45) is 0 Å². The van der Waals surface area contributed by atoms with Crippen LogP contribution in [0.25, 0.3) is 0 Å². The molecule has 0 aliphatic carbocycles. The molecule has 14 heteroatoms. The number of rotatable bonds is 11. The van der Waals surface area contributed by atoms with E-state index in [1.807, 2.05) is 6.07 Å². The highest BCUT2D eigenvalue weighted by atomic mass is 32.2. The average molecular weight is 583 g/mol. The van der Waals surface area contributed by atoms with E-state index in [1.165, 1.54) is 12.3 Å². The van der Waals surface area contributed by atoms with Crippen LogP contribution in [0.1, 0.15) is 23.7 Å². The first kappa shape index (κ1) is 27.5. The molecule has 2 unspecified atom stereocenters. The lowest BCUT2D eigenvalue weighted by Gasteiger charge is -2.27. The molecule has 1 aliphatic rings. The third-order valence-electron chi connectivity index (χ3n) is 6.21. The zero-order chi connectivity index (χ0) is 28.1. The summed E-state index contributed by atoms with van der Waals surface area (Å²) in [5, 5.41) is 27.6. The Kier molecular flexibility index (Phi) is 8.21. The molecule has 0 bridgehead atoms. The van der Waals surface area contributed by atoms with Gasteiger partial charge in [0.2, 0.25) is 0 Å². The van der Waals surface area contributed by atoms with Gasteiger partial charge >= 0.3 is 5.00 Å². The molecule has 0 radical (unpaired) electrons. The summed E-state index contributed by atoms with van der Waals surface area (Å²) in [6.45, 7) is 0.911. The van der Waals surface area contributed by atoms with Crippen LogP contribution in [0.4, 0.5) is 21.5 Å². The van der Waals surface area contributed by atoms with Crippen LogP contribution in [-0.2, 0) is 16.4 Å². The number of aliphatic hydroxyl groups excluding tert-OH is 1. The number of nitrogens with zero attached hydrogens (tertiary/aromatic N) is 3. The smallest absolute Gasteiger partial charge is 0.345 e. The summed E-state index contributed by atoms with van der Waals surface area (Å²) < 4.78 is 34.7. The molecule has 4 aromatic rings. The highest BCUT2D eigenvalue weighted by Crippen LogP contribution is 2.31. The molecule has 0 saturated carbocycles. The number of hydrogen-bond donors (Lipinski definition) is 4. The van der Waals surface area contributed by atoms with E-state index in [0.717, 1.165) is 22.5 Å². The Morgan fingerprint density at radius 1 is 1.15 bits per heavy atom. The Labute approximate surface area is 234 Å². The largest absolute Gasteiger partial charge is 0.489 e. The fourth-order valence-corrected chi connectivity index (χ4v) is 5.93. The lowest BCUT2D eigenvalue weighted by atomic mass is 10.0. The van der Waals surface area contributed by atoms with Gasteiger partial charge in [-0.2, -0.15) is 0 Å². The number of thiazole rings is 1. The summed E-state index contributed by atoms with van der Waals surface area (Å²) in [6, 6.07) is 14.9. The molecule has 2 atom stereocenters. The van der Waals surface area contributed by atoms with E-state index in [1.54, 1.807) is 54.9 Å². The fourth-order valence-electron chi connectivity index (χ4n) is 4.17. The zero-order valence-corrected chi connectivity index (χ0v) is 22.7. The van der Waals surface area contributed by atoms with Crippen molar-refractivity contribution in [3.8, 4) is 5.75 Å². The summed E-state index contributed by atoms with van der Waals surface area (Å²) in [5.41, 5.74) is 2.52. The average Bonchev–Trinajstić information content (AvgIpc) is 3.43. The first-order valence-corrected chi connectivity index (χ1v) is 14.7. The monoisotopic (exact) mass is 582 g/mol. The van der Waals surface area contributed by atoms with E-state index < -0.39 is 21.1 Å². The van der Waals surface area contributed by atoms with Crippen molar-refractivity contribution in [2.75, 3.05) is 23.1 Å². The number of ether oxygens (including phenoxy) is 1. The third kappa shape index (κ3) is 6.71. The Hall–Kier alpha value is -4.11. The van der Waals surface area contributed by atoms with Crippen LogP contribution >= 0.6 is 11.3 Å². The van der Waals surface area contributed by atoms with Gasteiger partial charge in [0.15, 0.2) is 5.13 Å². The van der Waals surface area contributed by atoms with Gasteiger partial charge in [-0.05, 0) is 78.3 Å². The predicted octanol–water partition coefficient (Wildman–Crippen LogP) is 4.01. The third-order valence-corrected chi connectivity index (χ3v) is 8.46. The van der Waals surface area contributed by atoms with Gasteiger partial charge in [0.25, 0.3) is 10.0 Å². The second-order valence-corrected chi connectivity index (χ2v) is 11.8. The van der Waals surface area contributed by atoms with E-state index in [0.29, 0.717) is 48.2 Å². The van der Waals surface area contributed by atoms with Crippen molar-refractivity contribution in [1.29, 1.82) is 0 Å². The molecule has 0 spiro atoms. The molecule has 4 N–H and O–H groups in total. The van der Waals surface area contributed by atoms with E-state index in [-0.39, 0.29) is 16.0 Å². The van der Waals surface area contributed by atoms with Crippen LogP contribution < -0.4 is 20.1 Å². The predicted molar refractivity (Wildman–Crippen MR) is 151 cm³/mol. The summed E-state index contributed by atoms with van der Waals surface area (Å²) in [6.07, 6.45) is 5.06. The number of fused-ring (bicyclic) bond motifs is 1. The Morgan fingerprint density at radius 3 is 2.67 bits per heavy atom. The minimum atomic E-state index is -3.84. The molecule has 0 amide bonds. The number of nitro groups is 1. The summed E-state index contributed by atoms with van der Waals surface area (Å²) in [7, 11) is -3.84. The number of pyridine rings is 1. The van der Waals surface area contributed by atoms with Gasteiger partial charge < -0.3 is 20.5 Å². The molecule has 0 fully saturated rings. The normalized spacial score (nSPS) is 15.5. The molecule has 1 aliphatic heterocycles. The van der Waals surface area contributed by atoms with Gasteiger partial charge in [-0.3, -0.25) is 19.8 Å². The number of sulfonamides is 1. The molecular formula is C26H26N6O6S2. The van der Waals surface area contributed by atoms with E-state index in [9.17, 15) is 23.6 Å². The van der Waals surface area contributed by atoms with Crippen molar-refractivity contribution in [3.05, 3.63) is 94.4 Å². The first-order valence-electron chi connectivity index (χ1n) is 12.4. The number of anilines is 3. The van der Waals surface area contributed by atoms with Crippen LogP contribution in [0, 0.1) is 10.1 Å². The maximum Gasteiger partial charge on any atom is 0.345 e. The molecule has 208 valence electrons. The Balaban J connectivity index is 1.15. The van der Waals surface area contributed by atoms with E-state index in [4.69, 9.17) is 4.74 Å². The topological polar surface area (TPSA) is 169 Å². The van der Waals surface area contributed by atoms with Crippen molar-refractivity contribution in [2.45, 2.75) is 29.9 Å². The maximum absolute atomic E-state index is 13.0. The lowest BCUT2D eigenvalue weighted by Crippen LogP contribution is -2.36. The molecule has 0 saturated heterocycles. The minimum absolute atomic E-state index is 0.0776. The Morgan fingerprint density at radius 2 is 1.95 bits per heavy atom. The molecule has 5 rings (SSSR count). The summed E-state index contributed by atoms with van der Waals surface area (Å²) in [5.74, 6) is 0.641. The first-order chi connectivity index (χ1) is 19.3. The molecular weight excluding hydrogens is 556 g/mol. The molecule has 2 aromatic carbocycles. The van der Waals surface area contributed by atoms with Gasteiger partial charge in [0.1, 0.15) is 18.1 Å². The second-order valence-electron chi connectivity index (χ2n) is 9.08. The van der Waals surface area contributed by atoms with E-state index in [2.05, 4.69) is 25.3 Å². The van der Waals surface area contributed by atoms with Crippen LogP contribution in [0.2, 0.25) is 0 Å². The number of hydrogen-bond acceptors (Lipinski definition) is 11. The van der Waals surface area contributed by atoms with Crippen molar-refractivity contribution >= 4 is 42.9 Å². The van der Waals surface area contributed by atoms with Crippen molar-refractivity contribution in [3.63, 3.8) is 0 Å². The van der Waals surface area contributed by atoms with Crippen molar-refractivity contribution in [1.82, 2.24) is 15.3 Å². The molecule has 12 nitrogen and oxygen atoms in total. The standard InChI is InChI=1S/C26H26N6O6S2/c33-23(18-2-1-11-27-13-18)15-28-14-21-8-3-17-12-22(9-10-24(17)38-21)40(36,37)31-20-6-4-19(5-7-20)30-26-29-16-25(39-26)32(34)35/h1-2,4-7,9-13,16,21,23,28,31,33H,3,8,14-15H2,(H,29,30).